The van der Waals surface area contributed by atoms with Gasteiger partial charge in [-0.1, -0.05) is 0 Å². The van der Waals surface area contributed by atoms with Gasteiger partial charge in [-0.25, -0.2) is 14.5 Å². The number of hydrogen-bond donors (Lipinski definition) is 3. The number of carboxylic acids is 2. The number of aliphatic carboxylic acids is 2. The Bertz CT molecular complexity index is 196. The number of carboxylic acid groups (broad SMARTS) is 2. The van der Waals surface area contributed by atoms with Crippen LogP contribution in [0, 0.1) is 0 Å². The summed E-state index contributed by atoms with van der Waals surface area (Å²) >= 11 is 0. The SMILES string of the molecule is CC(C)(C)OO.O=C(O)/C=C\C(=O)O. The minimum atomic E-state index is -1.26. The van der Waals surface area contributed by atoms with Crippen LogP contribution in [0.25, 0.3) is 0 Å². The third-order valence-corrected chi connectivity index (χ3v) is 0.642. The van der Waals surface area contributed by atoms with Crippen molar-refractivity contribution in [3.8, 4) is 0 Å². The lowest BCUT2D eigenvalue weighted by Crippen LogP contribution is -2.15. The zero-order valence-electron chi connectivity index (χ0n) is 8.22. The van der Waals surface area contributed by atoms with Gasteiger partial charge in [0.2, 0.25) is 0 Å². The Kier molecular flexibility index (Phi) is 7.60. The van der Waals surface area contributed by atoms with E-state index in [0.717, 1.165) is 0 Å². The van der Waals surface area contributed by atoms with Crippen molar-refractivity contribution in [2.45, 2.75) is 26.4 Å². The van der Waals surface area contributed by atoms with E-state index >= 15 is 0 Å². The van der Waals surface area contributed by atoms with Crippen LogP contribution < -0.4 is 0 Å². The minimum absolute atomic E-state index is 0.403. The van der Waals surface area contributed by atoms with E-state index in [1.165, 1.54) is 0 Å². The van der Waals surface area contributed by atoms with Gasteiger partial charge < -0.3 is 10.2 Å². The van der Waals surface area contributed by atoms with Crippen LogP contribution in [-0.4, -0.2) is 33.0 Å². The number of carbonyl (C=O) groups is 2. The fourth-order valence-corrected chi connectivity index (χ4v) is 0.143. The van der Waals surface area contributed by atoms with E-state index in [4.69, 9.17) is 15.5 Å². The Balaban J connectivity index is 0. The van der Waals surface area contributed by atoms with Crippen molar-refractivity contribution >= 4 is 11.9 Å². The maximum Gasteiger partial charge on any atom is 0.328 e. The maximum atomic E-state index is 9.55. The predicted molar refractivity (Wildman–Crippen MR) is 47.9 cm³/mol. The van der Waals surface area contributed by atoms with Crippen LogP contribution >= 0.6 is 0 Å². The largest absolute Gasteiger partial charge is 0.478 e. The van der Waals surface area contributed by atoms with E-state index in [1.807, 2.05) is 0 Å². The van der Waals surface area contributed by atoms with Crippen LogP contribution in [0.3, 0.4) is 0 Å². The number of hydrogen-bond acceptors (Lipinski definition) is 4. The Morgan fingerprint density at radius 3 is 1.36 bits per heavy atom. The second-order valence-electron chi connectivity index (χ2n) is 3.21. The second kappa shape index (κ2) is 7.05. The molecule has 0 rings (SSSR count). The minimum Gasteiger partial charge on any atom is -0.478 e. The first kappa shape index (κ1) is 15.1. The normalized spacial score (nSPS) is 10.6. The lowest BCUT2D eigenvalue weighted by molar-refractivity contribution is -0.306. The van der Waals surface area contributed by atoms with Gasteiger partial charge in [0.15, 0.2) is 0 Å². The van der Waals surface area contributed by atoms with E-state index in [9.17, 15) is 9.59 Å². The molecule has 0 aromatic heterocycles. The Labute approximate surface area is 81.4 Å². The fraction of sp³-hybridized carbons (Fsp3) is 0.500. The van der Waals surface area contributed by atoms with Gasteiger partial charge in [-0.05, 0) is 20.8 Å². The van der Waals surface area contributed by atoms with Crippen molar-refractivity contribution in [1.29, 1.82) is 0 Å². The quantitative estimate of drug-likeness (QED) is 0.353. The van der Waals surface area contributed by atoms with E-state index in [0.29, 0.717) is 12.2 Å². The molecule has 82 valence electrons. The molecule has 0 bridgehead atoms. The Morgan fingerprint density at radius 2 is 1.29 bits per heavy atom. The van der Waals surface area contributed by atoms with Crippen LogP contribution in [0.5, 0.6) is 0 Å². The van der Waals surface area contributed by atoms with Gasteiger partial charge in [0.05, 0.1) is 5.60 Å². The molecule has 0 amide bonds. The molecular weight excluding hydrogens is 192 g/mol. The van der Waals surface area contributed by atoms with Gasteiger partial charge in [-0.15, -0.1) is 0 Å². The summed E-state index contributed by atoms with van der Waals surface area (Å²) in [7, 11) is 0. The highest BCUT2D eigenvalue weighted by Gasteiger charge is 2.06. The van der Waals surface area contributed by atoms with Crippen molar-refractivity contribution in [1.82, 2.24) is 0 Å². The molecule has 14 heavy (non-hydrogen) atoms. The summed E-state index contributed by atoms with van der Waals surface area (Å²) in [4.78, 5) is 23.0. The van der Waals surface area contributed by atoms with E-state index in [-0.39, 0.29) is 0 Å². The van der Waals surface area contributed by atoms with Gasteiger partial charge in [0.25, 0.3) is 0 Å². The molecule has 0 unspecified atom stereocenters. The van der Waals surface area contributed by atoms with Gasteiger partial charge in [0.1, 0.15) is 0 Å². The Morgan fingerprint density at radius 1 is 1.07 bits per heavy atom. The van der Waals surface area contributed by atoms with Crippen LogP contribution in [0.4, 0.5) is 0 Å². The smallest absolute Gasteiger partial charge is 0.328 e. The summed E-state index contributed by atoms with van der Waals surface area (Å²) in [6, 6.07) is 0. The van der Waals surface area contributed by atoms with Gasteiger partial charge >= 0.3 is 11.9 Å². The van der Waals surface area contributed by atoms with Crippen molar-refractivity contribution in [3.63, 3.8) is 0 Å². The van der Waals surface area contributed by atoms with Crippen LogP contribution in [0.2, 0.25) is 0 Å². The van der Waals surface area contributed by atoms with Gasteiger partial charge in [-0.2, -0.15) is 0 Å². The van der Waals surface area contributed by atoms with Crippen LogP contribution in [0.15, 0.2) is 12.2 Å². The molecule has 0 aromatic rings. The molecule has 0 heterocycles. The average molecular weight is 206 g/mol. The molecule has 0 aliphatic heterocycles. The second-order valence-corrected chi connectivity index (χ2v) is 3.21. The van der Waals surface area contributed by atoms with Crippen LogP contribution in [0.1, 0.15) is 20.8 Å². The first-order valence-electron chi connectivity index (χ1n) is 3.65. The highest BCUT2D eigenvalue weighted by Crippen LogP contribution is 2.01. The standard InChI is InChI=1S/C4H4O4.C4H10O2/c5-3(6)1-2-4(7)8;1-4(2,3)6-5/h1-2H,(H,5,6)(H,7,8);5H,1-3H3/b2-1-;. The van der Waals surface area contributed by atoms with Crippen molar-refractivity contribution in [3.05, 3.63) is 12.2 Å². The zero-order chi connectivity index (χ0) is 11.8. The lowest BCUT2D eigenvalue weighted by Gasteiger charge is -2.10. The molecule has 0 aliphatic rings. The topological polar surface area (TPSA) is 104 Å². The first-order valence-corrected chi connectivity index (χ1v) is 3.65. The molecule has 0 fully saturated rings. The summed E-state index contributed by atoms with van der Waals surface area (Å²) in [6.07, 6.45) is 1.12. The molecule has 0 spiro atoms. The average Bonchev–Trinajstić information content (AvgIpc) is 2.01. The van der Waals surface area contributed by atoms with Gasteiger partial charge in [0, 0.05) is 12.2 Å². The summed E-state index contributed by atoms with van der Waals surface area (Å²) in [5, 5.41) is 23.5. The summed E-state index contributed by atoms with van der Waals surface area (Å²) < 4.78 is 0. The van der Waals surface area contributed by atoms with Crippen molar-refractivity contribution < 1.29 is 29.9 Å². The van der Waals surface area contributed by atoms with Crippen LogP contribution in [-0.2, 0) is 14.5 Å². The molecule has 0 saturated carbocycles. The molecule has 0 atom stereocenters. The third-order valence-electron chi connectivity index (χ3n) is 0.642. The van der Waals surface area contributed by atoms with E-state index < -0.39 is 17.5 Å². The zero-order valence-corrected chi connectivity index (χ0v) is 8.22. The third kappa shape index (κ3) is 22.4. The predicted octanol–water partition coefficient (Wildman–Crippen LogP) is 0.986. The Hall–Kier alpha value is -1.40. The summed E-state index contributed by atoms with van der Waals surface area (Å²) in [5.74, 6) is -2.51. The maximum absolute atomic E-state index is 9.55. The molecule has 0 radical (unpaired) electrons. The van der Waals surface area contributed by atoms with Crippen molar-refractivity contribution in [2.75, 3.05) is 0 Å². The number of rotatable bonds is 2. The molecule has 6 nitrogen and oxygen atoms in total. The van der Waals surface area contributed by atoms with E-state index in [2.05, 4.69) is 4.89 Å². The highest BCUT2D eigenvalue weighted by molar-refractivity contribution is 5.89. The molecule has 0 aromatic carbocycles. The molecule has 0 saturated heterocycles. The molecule has 0 aliphatic carbocycles. The molecule has 3 N–H and O–H groups in total. The fourth-order valence-electron chi connectivity index (χ4n) is 0.143. The molecule has 6 heteroatoms. The van der Waals surface area contributed by atoms with Gasteiger partial charge in [-0.3, -0.25) is 5.26 Å². The first-order chi connectivity index (χ1) is 6.19. The van der Waals surface area contributed by atoms with Crippen molar-refractivity contribution in [2.24, 2.45) is 0 Å². The molecular formula is C8H14O6. The monoisotopic (exact) mass is 206 g/mol. The summed E-state index contributed by atoms with van der Waals surface area (Å²) in [5.41, 5.74) is -0.403. The van der Waals surface area contributed by atoms with E-state index in [1.54, 1.807) is 20.8 Å². The lowest BCUT2D eigenvalue weighted by atomic mass is 10.2. The highest BCUT2D eigenvalue weighted by atomic mass is 17.1. The summed E-state index contributed by atoms with van der Waals surface area (Å²) in [6.45, 7) is 5.31.